The van der Waals surface area contributed by atoms with Gasteiger partial charge in [0, 0.05) is 5.54 Å². The highest BCUT2D eigenvalue weighted by Crippen LogP contribution is 2.30. The van der Waals surface area contributed by atoms with Gasteiger partial charge in [-0.3, -0.25) is 0 Å². The minimum atomic E-state index is -0.371. The smallest absolute Gasteiger partial charge is 0.142 e. The van der Waals surface area contributed by atoms with Gasteiger partial charge in [-0.1, -0.05) is 41.9 Å². The summed E-state index contributed by atoms with van der Waals surface area (Å²) < 4.78 is 13.5. The van der Waals surface area contributed by atoms with Crippen LogP contribution in [-0.4, -0.2) is 5.54 Å². The summed E-state index contributed by atoms with van der Waals surface area (Å²) in [6.45, 7) is 0. The predicted molar refractivity (Wildman–Crippen MR) is 80.5 cm³/mol. The molecule has 0 spiro atoms. The molecule has 1 nitrogen and oxygen atoms in total. The molecule has 0 aliphatic heterocycles. The Morgan fingerprint density at radius 2 is 1.90 bits per heavy atom. The Balaban J connectivity index is 1.82. The summed E-state index contributed by atoms with van der Waals surface area (Å²) in [5.74, 6) is -0.371. The van der Waals surface area contributed by atoms with Gasteiger partial charge >= 0.3 is 0 Å². The van der Waals surface area contributed by atoms with Crippen molar-refractivity contribution in [3.63, 3.8) is 0 Å². The largest absolute Gasteiger partial charge is 0.324 e. The highest BCUT2D eigenvalue weighted by molar-refractivity contribution is 6.30. The maximum atomic E-state index is 13.5. The van der Waals surface area contributed by atoms with Crippen LogP contribution in [-0.2, 0) is 19.3 Å². The van der Waals surface area contributed by atoms with Crippen molar-refractivity contribution in [3.8, 4) is 0 Å². The molecule has 1 aliphatic rings. The van der Waals surface area contributed by atoms with Gasteiger partial charge in [-0.2, -0.15) is 0 Å². The van der Waals surface area contributed by atoms with Crippen LogP contribution in [0, 0.1) is 5.82 Å². The van der Waals surface area contributed by atoms with Gasteiger partial charge in [0.1, 0.15) is 5.82 Å². The molecule has 0 heterocycles. The zero-order valence-corrected chi connectivity index (χ0v) is 12.0. The lowest BCUT2D eigenvalue weighted by Crippen LogP contribution is -2.47. The summed E-state index contributed by atoms with van der Waals surface area (Å²) in [4.78, 5) is 0. The number of halogens is 2. The molecule has 3 rings (SSSR count). The fraction of sp³-hybridized carbons (Fsp3) is 0.294. The van der Waals surface area contributed by atoms with E-state index >= 15 is 0 Å². The molecule has 0 amide bonds. The molecule has 1 atom stereocenters. The third-order valence-corrected chi connectivity index (χ3v) is 4.40. The maximum absolute atomic E-state index is 13.5. The molecule has 0 aromatic heterocycles. The van der Waals surface area contributed by atoms with Gasteiger partial charge in [0.2, 0.25) is 0 Å². The van der Waals surface area contributed by atoms with Gasteiger partial charge in [0.25, 0.3) is 0 Å². The highest BCUT2D eigenvalue weighted by atomic mass is 35.5. The van der Waals surface area contributed by atoms with Gasteiger partial charge in [-0.05, 0) is 54.5 Å². The molecule has 0 saturated carbocycles. The molecule has 0 bridgehead atoms. The van der Waals surface area contributed by atoms with Crippen molar-refractivity contribution in [2.45, 2.75) is 31.2 Å². The number of hydrogen-bond acceptors (Lipinski definition) is 1. The summed E-state index contributed by atoms with van der Waals surface area (Å²) in [7, 11) is 0. The first-order chi connectivity index (χ1) is 9.56. The van der Waals surface area contributed by atoms with Crippen LogP contribution >= 0.6 is 11.6 Å². The van der Waals surface area contributed by atoms with Crippen molar-refractivity contribution in [2.24, 2.45) is 5.73 Å². The summed E-state index contributed by atoms with van der Waals surface area (Å²) in [6.07, 6.45) is 3.43. The van der Waals surface area contributed by atoms with Crippen molar-refractivity contribution in [1.82, 2.24) is 0 Å². The number of fused-ring (bicyclic) bond motifs is 1. The molecule has 20 heavy (non-hydrogen) atoms. The van der Waals surface area contributed by atoms with Crippen molar-refractivity contribution < 1.29 is 4.39 Å². The second kappa shape index (κ2) is 5.19. The van der Waals surface area contributed by atoms with Gasteiger partial charge < -0.3 is 5.73 Å². The first kappa shape index (κ1) is 13.6. The predicted octanol–water partition coefficient (Wildman–Crippen LogP) is 3.91. The Morgan fingerprint density at radius 1 is 1.15 bits per heavy atom. The van der Waals surface area contributed by atoms with E-state index in [1.54, 1.807) is 6.07 Å². The Labute approximate surface area is 123 Å². The Kier molecular flexibility index (Phi) is 3.53. The second-order valence-electron chi connectivity index (χ2n) is 5.73. The number of aryl methyl sites for hydroxylation is 1. The zero-order valence-electron chi connectivity index (χ0n) is 11.2. The van der Waals surface area contributed by atoms with Gasteiger partial charge in [-0.25, -0.2) is 4.39 Å². The first-order valence-corrected chi connectivity index (χ1v) is 7.23. The summed E-state index contributed by atoms with van der Waals surface area (Å²) >= 11 is 5.72. The topological polar surface area (TPSA) is 26.0 Å². The van der Waals surface area contributed by atoms with Crippen molar-refractivity contribution in [2.75, 3.05) is 0 Å². The van der Waals surface area contributed by atoms with E-state index in [1.807, 2.05) is 12.1 Å². The van der Waals surface area contributed by atoms with Crippen LogP contribution in [0.25, 0.3) is 0 Å². The quantitative estimate of drug-likeness (QED) is 0.891. The Morgan fingerprint density at radius 3 is 2.65 bits per heavy atom. The van der Waals surface area contributed by atoms with Crippen molar-refractivity contribution in [1.29, 1.82) is 0 Å². The van der Waals surface area contributed by atoms with E-state index in [2.05, 4.69) is 18.2 Å². The standard InChI is InChI=1S/C17H17ClFN/c18-15-6-5-12(9-16(15)19)10-17(20)8-7-13-3-1-2-4-14(13)11-17/h1-6,9H,7-8,10-11,20H2. The van der Waals surface area contributed by atoms with Crippen LogP contribution in [0.15, 0.2) is 42.5 Å². The molecule has 3 heteroatoms. The molecule has 2 aromatic rings. The number of rotatable bonds is 2. The summed E-state index contributed by atoms with van der Waals surface area (Å²) in [6, 6.07) is 13.4. The van der Waals surface area contributed by atoms with Crippen LogP contribution in [0.4, 0.5) is 4.39 Å². The van der Waals surface area contributed by atoms with E-state index in [0.717, 1.165) is 24.8 Å². The van der Waals surface area contributed by atoms with Crippen LogP contribution in [0.2, 0.25) is 5.02 Å². The van der Waals surface area contributed by atoms with Crippen molar-refractivity contribution in [3.05, 3.63) is 70.0 Å². The van der Waals surface area contributed by atoms with Crippen LogP contribution in [0.3, 0.4) is 0 Å². The van der Waals surface area contributed by atoms with E-state index < -0.39 is 0 Å². The Bertz CT molecular complexity index is 641. The summed E-state index contributed by atoms with van der Waals surface area (Å²) in [5.41, 5.74) is 9.85. The minimum absolute atomic E-state index is 0.161. The number of nitrogens with two attached hydrogens (primary N) is 1. The highest BCUT2D eigenvalue weighted by Gasteiger charge is 2.30. The third kappa shape index (κ3) is 2.72. The average molecular weight is 290 g/mol. The fourth-order valence-electron chi connectivity index (χ4n) is 3.03. The molecule has 0 radical (unpaired) electrons. The van der Waals surface area contributed by atoms with E-state index in [-0.39, 0.29) is 16.4 Å². The fourth-order valence-corrected chi connectivity index (χ4v) is 3.15. The maximum Gasteiger partial charge on any atom is 0.142 e. The van der Waals surface area contributed by atoms with Gasteiger partial charge in [-0.15, -0.1) is 0 Å². The summed E-state index contributed by atoms with van der Waals surface area (Å²) in [5, 5.41) is 0.161. The van der Waals surface area contributed by atoms with E-state index in [0.29, 0.717) is 6.42 Å². The molecular weight excluding hydrogens is 273 g/mol. The van der Waals surface area contributed by atoms with Gasteiger partial charge in [0.15, 0.2) is 0 Å². The molecule has 1 aliphatic carbocycles. The molecule has 2 aromatic carbocycles. The van der Waals surface area contributed by atoms with Crippen molar-refractivity contribution >= 4 is 11.6 Å². The van der Waals surface area contributed by atoms with Crippen LogP contribution in [0.1, 0.15) is 23.1 Å². The molecule has 0 fully saturated rings. The lowest BCUT2D eigenvalue weighted by molar-refractivity contribution is 0.369. The van der Waals surface area contributed by atoms with Crippen LogP contribution < -0.4 is 5.73 Å². The SMILES string of the molecule is NC1(Cc2ccc(Cl)c(F)c2)CCc2ccccc2C1. The molecule has 1 unspecified atom stereocenters. The average Bonchev–Trinajstić information content (AvgIpc) is 2.42. The van der Waals surface area contributed by atoms with Gasteiger partial charge in [0.05, 0.1) is 5.02 Å². The van der Waals surface area contributed by atoms with Crippen LogP contribution in [0.5, 0.6) is 0 Å². The normalized spacial score (nSPS) is 21.6. The Hall–Kier alpha value is -1.38. The number of benzene rings is 2. The monoisotopic (exact) mass is 289 g/mol. The molecule has 2 N–H and O–H groups in total. The number of hydrogen-bond donors (Lipinski definition) is 1. The lowest BCUT2D eigenvalue weighted by atomic mass is 9.75. The lowest BCUT2D eigenvalue weighted by Gasteiger charge is -2.35. The molecular formula is C17H17ClFN. The first-order valence-electron chi connectivity index (χ1n) is 6.85. The van der Waals surface area contributed by atoms with E-state index in [1.165, 1.54) is 17.2 Å². The van der Waals surface area contributed by atoms with E-state index in [9.17, 15) is 4.39 Å². The third-order valence-electron chi connectivity index (χ3n) is 4.09. The zero-order chi connectivity index (χ0) is 14.2. The minimum Gasteiger partial charge on any atom is -0.324 e. The second-order valence-corrected chi connectivity index (χ2v) is 6.14. The van der Waals surface area contributed by atoms with E-state index in [4.69, 9.17) is 17.3 Å². The molecule has 0 saturated heterocycles. The molecule has 104 valence electrons.